The highest BCUT2D eigenvalue weighted by atomic mass is 16.7. The number of fused-ring (bicyclic) bond motifs is 1. The highest BCUT2D eigenvalue weighted by Gasteiger charge is 2.22. The Hall–Kier alpha value is -2.44. The number of ether oxygens (including phenoxy) is 3. The van der Waals surface area contributed by atoms with Crippen molar-refractivity contribution in [2.75, 3.05) is 13.4 Å². The number of carboxylic acid groups (broad SMARTS) is 1. The van der Waals surface area contributed by atoms with E-state index in [1.807, 2.05) is 13.8 Å². The molecule has 1 aliphatic rings. The van der Waals surface area contributed by atoms with E-state index in [1.165, 1.54) is 12.1 Å². The summed E-state index contributed by atoms with van der Waals surface area (Å²) in [5.74, 6) is -0.673. The standard InChI is InChI=1S/C13H15NO6/c1-7(2)14-12(15)5-18-9-4-11-10(19-6-20-11)3-8(9)13(16)17/h3-4,7H,5-6H2,1-2H3,(H,14,15)(H,16,17). The fourth-order valence-corrected chi connectivity index (χ4v) is 1.72. The topological polar surface area (TPSA) is 94.1 Å². The molecule has 0 saturated carbocycles. The van der Waals surface area contributed by atoms with E-state index in [0.717, 1.165) is 0 Å². The molecule has 0 spiro atoms. The van der Waals surface area contributed by atoms with Gasteiger partial charge in [-0.05, 0) is 13.8 Å². The van der Waals surface area contributed by atoms with E-state index in [0.29, 0.717) is 11.5 Å². The Morgan fingerprint density at radius 2 is 2.00 bits per heavy atom. The first-order valence-electron chi connectivity index (χ1n) is 6.06. The number of amides is 1. The van der Waals surface area contributed by atoms with E-state index in [-0.39, 0.29) is 36.7 Å². The van der Waals surface area contributed by atoms with Crippen molar-refractivity contribution in [3.8, 4) is 17.2 Å². The summed E-state index contributed by atoms with van der Waals surface area (Å²) >= 11 is 0. The average molecular weight is 281 g/mol. The second kappa shape index (κ2) is 5.68. The maximum atomic E-state index is 11.5. The zero-order valence-electron chi connectivity index (χ0n) is 11.1. The van der Waals surface area contributed by atoms with Crippen LogP contribution in [-0.2, 0) is 4.79 Å². The largest absolute Gasteiger partial charge is 0.483 e. The van der Waals surface area contributed by atoms with Gasteiger partial charge < -0.3 is 24.6 Å². The molecule has 20 heavy (non-hydrogen) atoms. The first-order valence-corrected chi connectivity index (χ1v) is 6.06. The van der Waals surface area contributed by atoms with Gasteiger partial charge in [-0.3, -0.25) is 4.79 Å². The number of carbonyl (C=O) groups excluding carboxylic acids is 1. The SMILES string of the molecule is CC(C)NC(=O)COc1cc2c(cc1C(=O)O)OCO2. The van der Waals surface area contributed by atoms with Crippen molar-refractivity contribution in [2.24, 2.45) is 0 Å². The third kappa shape index (κ3) is 3.11. The molecule has 0 bridgehead atoms. The molecular weight excluding hydrogens is 266 g/mol. The molecule has 7 heteroatoms. The number of carbonyl (C=O) groups is 2. The second-order valence-corrected chi connectivity index (χ2v) is 4.52. The molecule has 1 amide bonds. The summed E-state index contributed by atoms with van der Waals surface area (Å²) < 4.78 is 15.5. The fourth-order valence-electron chi connectivity index (χ4n) is 1.72. The summed E-state index contributed by atoms with van der Waals surface area (Å²) in [7, 11) is 0. The molecule has 2 N–H and O–H groups in total. The number of benzene rings is 1. The first-order chi connectivity index (χ1) is 9.47. The second-order valence-electron chi connectivity index (χ2n) is 4.52. The van der Waals surface area contributed by atoms with Crippen molar-refractivity contribution < 1.29 is 28.9 Å². The summed E-state index contributed by atoms with van der Waals surface area (Å²) in [6.07, 6.45) is 0. The third-order valence-corrected chi connectivity index (χ3v) is 2.51. The van der Waals surface area contributed by atoms with Gasteiger partial charge in [0, 0.05) is 18.2 Å². The van der Waals surface area contributed by atoms with E-state index in [2.05, 4.69) is 5.32 Å². The molecule has 2 rings (SSSR count). The van der Waals surface area contributed by atoms with Crippen molar-refractivity contribution in [1.29, 1.82) is 0 Å². The lowest BCUT2D eigenvalue weighted by Crippen LogP contribution is -2.34. The number of hydrogen-bond acceptors (Lipinski definition) is 5. The number of aromatic carboxylic acids is 1. The van der Waals surface area contributed by atoms with Gasteiger partial charge in [-0.15, -0.1) is 0 Å². The van der Waals surface area contributed by atoms with Crippen LogP contribution in [0, 0.1) is 0 Å². The number of carboxylic acids is 1. The van der Waals surface area contributed by atoms with Crippen LogP contribution in [0.25, 0.3) is 0 Å². The van der Waals surface area contributed by atoms with Gasteiger partial charge in [-0.2, -0.15) is 0 Å². The van der Waals surface area contributed by atoms with Crippen molar-refractivity contribution in [2.45, 2.75) is 19.9 Å². The smallest absolute Gasteiger partial charge is 0.339 e. The number of hydrogen-bond donors (Lipinski definition) is 2. The molecule has 1 aliphatic heterocycles. The maximum absolute atomic E-state index is 11.5. The predicted molar refractivity (Wildman–Crippen MR) is 68.3 cm³/mol. The summed E-state index contributed by atoms with van der Waals surface area (Å²) in [6.45, 7) is 3.41. The van der Waals surface area contributed by atoms with Gasteiger partial charge in [0.05, 0.1) is 0 Å². The minimum atomic E-state index is -1.16. The first kappa shape index (κ1) is 14.0. The Labute approximate surface area is 115 Å². The van der Waals surface area contributed by atoms with Crippen LogP contribution in [0.5, 0.6) is 17.2 Å². The van der Waals surface area contributed by atoms with Crippen molar-refractivity contribution in [1.82, 2.24) is 5.32 Å². The molecule has 0 saturated heterocycles. The van der Waals surface area contributed by atoms with Gasteiger partial charge >= 0.3 is 5.97 Å². The van der Waals surface area contributed by atoms with E-state index < -0.39 is 5.97 Å². The molecule has 1 aromatic carbocycles. The Morgan fingerprint density at radius 1 is 1.35 bits per heavy atom. The minimum absolute atomic E-state index is 0.0122. The Balaban J connectivity index is 2.14. The lowest BCUT2D eigenvalue weighted by Gasteiger charge is -2.12. The van der Waals surface area contributed by atoms with Gasteiger partial charge in [0.15, 0.2) is 18.1 Å². The quantitative estimate of drug-likeness (QED) is 0.836. The molecule has 0 aliphatic carbocycles. The van der Waals surface area contributed by atoms with Crippen LogP contribution in [-0.4, -0.2) is 36.4 Å². The summed E-state index contributed by atoms with van der Waals surface area (Å²) in [4.78, 5) is 22.7. The Bertz CT molecular complexity index is 540. The van der Waals surface area contributed by atoms with Crippen LogP contribution in [0.2, 0.25) is 0 Å². The van der Waals surface area contributed by atoms with Crippen LogP contribution < -0.4 is 19.5 Å². The van der Waals surface area contributed by atoms with Crippen LogP contribution in [0.3, 0.4) is 0 Å². The highest BCUT2D eigenvalue weighted by Crippen LogP contribution is 2.38. The maximum Gasteiger partial charge on any atom is 0.339 e. The lowest BCUT2D eigenvalue weighted by molar-refractivity contribution is -0.123. The van der Waals surface area contributed by atoms with Crippen LogP contribution in [0.1, 0.15) is 24.2 Å². The van der Waals surface area contributed by atoms with Crippen molar-refractivity contribution >= 4 is 11.9 Å². The predicted octanol–water partition coefficient (Wildman–Crippen LogP) is 1.02. The minimum Gasteiger partial charge on any atom is -0.483 e. The zero-order valence-corrected chi connectivity index (χ0v) is 11.1. The average Bonchev–Trinajstić information content (AvgIpc) is 2.81. The van der Waals surface area contributed by atoms with Gasteiger partial charge in [0.1, 0.15) is 11.3 Å². The molecule has 0 radical (unpaired) electrons. The molecule has 0 atom stereocenters. The van der Waals surface area contributed by atoms with Crippen LogP contribution in [0.15, 0.2) is 12.1 Å². The van der Waals surface area contributed by atoms with E-state index >= 15 is 0 Å². The lowest BCUT2D eigenvalue weighted by atomic mass is 10.2. The number of rotatable bonds is 5. The van der Waals surface area contributed by atoms with E-state index in [9.17, 15) is 9.59 Å². The van der Waals surface area contributed by atoms with Crippen molar-refractivity contribution in [3.63, 3.8) is 0 Å². The molecule has 108 valence electrons. The normalized spacial score (nSPS) is 12.3. The summed E-state index contributed by atoms with van der Waals surface area (Å²) in [5.41, 5.74) is -0.0772. The third-order valence-electron chi connectivity index (χ3n) is 2.51. The van der Waals surface area contributed by atoms with Crippen LogP contribution >= 0.6 is 0 Å². The monoisotopic (exact) mass is 281 g/mol. The fraction of sp³-hybridized carbons (Fsp3) is 0.385. The molecular formula is C13H15NO6. The van der Waals surface area contributed by atoms with Crippen LogP contribution in [0.4, 0.5) is 0 Å². The Morgan fingerprint density at radius 3 is 2.60 bits per heavy atom. The summed E-state index contributed by atoms with van der Waals surface area (Å²) in [5, 5.41) is 11.8. The molecule has 0 aromatic heterocycles. The molecule has 1 aromatic rings. The van der Waals surface area contributed by atoms with Gasteiger partial charge in [-0.25, -0.2) is 4.79 Å². The van der Waals surface area contributed by atoms with E-state index in [1.54, 1.807) is 0 Å². The van der Waals surface area contributed by atoms with Crippen molar-refractivity contribution in [3.05, 3.63) is 17.7 Å². The van der Waals surface area contributed by atoms with Gasteiger partial charge in [0.2, 0.25) is 6.79 Å². The highest BCUT2D eigenvalue weighted by molar-refractivity contribution is 5.92. The molecule has 7 nitrogen and oxygen atoms in total. The number of nitrogens with one attached hydrogen (secondary N) is 1. The Kier molecular flexibility index (Phi) is 3.97. The van der Waals surface area contributed by atoms with Gasteiger partial charge in [-0.1, -0.05) is 0 Å². The zero-order chi connectivity index (χ0) is 14.7. The van der Waals surface area contributed by atoms with E-state index in [4.69, 9.17) is 19.3 Å². The molecule has 0 unspecified atom stereocenters. The molecule has 0 fully saturated rings. The molecule has 1 heterocycles. The van der Waals surface area contributed by atoms with Gasteiger partial charge in [0.25, 0.3) is 5.91 Å². The summed E-state index contributed by atoms with van der Waals surface area (Å²) in [6, 6.07) is 2.72.